The Hall–Kier alpha value is -0.390. The van der Waals surface area contributed by atoms with Gasteiger partial charge in [-0.3, -0.25) is 4.79 Å². The molecule has 0 aliphatic heterocycles. The average molecular weight is 318 g/mol. The van der Waals surface area contributed by atoms with Crippen molar-refractivity contribution < 1.29 is 9.53 Å². The zero-order chi connectivity index (χ0) is 12.3. The highest BCUT2D eigenvalue weighted by molar-refractivity contribution is 9.11. The Morgan fingerprint density at radius 3 is 3.29 bits per heavy atom. The molecule has 0 saturated carbocycles. The molecule has 94 valence electrons. The van der Waals surface area contributed by atoms with Crippen LogP contribution in [0.5, 0.6) is 0 Å². The average Bonchev–Trinajstić information content (AvgIpc) is 2.70. The second-order valence-corrected chi connectivity index (χ2v) is 6.67. The van der Waals surface area contributed by atoms with Crippen molar-refractivity contribution in [2.75, 3.05) is 13.7 Å². The van der Waals surface area contributed by atoms with Gasteiger partial charge in [-0.15, -0.1) is 11.3 Å². The molecule has 0 fully saturated rings. The van der Waals surface area contributed by atoms with Gasteiger partial charge in [-0.05, 0) is 46.8 Å². The second-order valence-electron chi connectivity index (χ2n) is 4.15. The fourth-order valence-corrected chi connectivity index (χ4v) is 4.00. The molecule has 5 heteroatoms. The maximum absolute atomic E-state index is 11.0. The van der Waals surface area contributed by atoms with Crippen LogP contribution in [-0.4, -0.2) is 19.6 Å². The number of hydrogen-bond donors (Lipinski definition) is 1. The molecular weight excluding hydrogens is 302 g/mol. The minimum Gasteiger partial charge on any atom is -0.469 e. The zero-order valence-electron chi connectivity index (χ0n) is 9.79. The van der Waals surface area contributed by atoms with Crippen LogP contribution in [0.25, 0.3) is 0 Å². The van der Waals surface area contributed by atoms with E-state index < -0.39 is 0 Å². The van der Waals surface area contributed by atoms with Gasteiger partial charge >= 0.3 is 5.97 Å². The van der Waals surface area contributed by atoms with Gasteiger partial charge in [0.25, 0.3) is 0 Å². The van der Waals surface area contributed by atoms with Gasteiger partial charge in [-0.25, -0.2) is 0 Å². The van der Waals surface area contributed by atoms with Crippen LogP contribution in [0.4, 0.5) is 0 Å². The molecule has 17 heavy (non-hydrogen) atoms. The molecule has 1 atom stereocenters. The normalized spacial score (nSPS) is 18.8. The first kappa shape index (κ1) is 13.1. The van der Waals surface area contributed by atoms with Gasteiger partial charge in [0.05, 0.1) is 17.3 Å². The van der Waals surface area contributed by atoms with E-state index in [1.54, 1.807) is 0 Å². The minimum absolute atomic E-state index is 0.153. The first-order valence-corrected chi connectivity index (χ1v) is 7.40. The molecule has 3 nitrogen and oxygen atoms in total. The number of ether oxygens (including phenoxy) is 1. The Morgan fingerprint density at radius 1 is 1.71 bits per heavy atom. The molecule has 1 aromatic rings. The number of methoxy groups -OCH3 is 1. The Kier molecular flexibility index (Phi) is 4.59. The SMILES string of the molecule is COC(=O)CCNC1CCCc2sc(Br)cc21. The predicted octanol–water partition coefficient (Wildman–Crippen LogP) is 3.04. The number of carbonyl (C=O) groups is 1. The molecule has 0 bridgehead atoms. The number of esters is 1. The third kappa shape index (κ3) is 3.30. The van der Waals surface area contributed by atoms with Crippen LogP contribution in [0, 0.1) is 0 Å². The lowest BCUT2D eigenvalue weighted by Gasteiger charge is -2.23. The van der Waals surface area contributed by atoms with Crippen LogP contribution in [0.15, 0.2) is 9.85 Å². The molecule has 1 aliphatic rings. The lowest BCUT2D eigenvalue weighted by atomic mass is 9.94. The maximum Gasteiger partial charge on any atom is 0.306 e. The lowest BCUT2D eigenvalue weighted by molar-refractivity contribution is -0.140. The number of rotatable bonds is 4. The monoisotopic (exact) mass is 317 g/mol. The molecule has 1 aliphatic carbocycles. The highest BCUT2D eigenvalue weighted by Crippen LogP contribution is 2.37. The van der Waals surface area contributed by atoms with E-state index >= 15 is 0 Å². The highest BCUT2D eigenvalue weighted by atomic mass is 79.9. The van der Waals surface area contributed by atoms with E-state index in [0.29, 0.717) is 19.0 Å². The standard InChI is InChI=1S/C12H16BrNO2S/c1-16-12(15)5-6-14-9-3-2-4-10-8(9)7-11(13)17-10/h7,9,14H,2-6H2,1H3. The van der Waals surface area contributed by atoms with Crippen molar-refractivity contribution in [3.8, 4) is 0 Å². The van der Waals surface area contributed by atoms with Crippen molar-refractivity contribution in [1.29, 1.82) is 0 Å². The van der Waals surface area contributed by atoms with Crippen LogP contribution < -0.4 is 5.32 Å². The molecule has 0 saturated heterocycles. The van der Waals surface area contributed by atoms with Crippen molar-refractivity contribution in [1.82, 2.24) is 5.32 Å². The van der Waals surface area contributed by atoms with E-state index in [4.69, 9.17) is 0 Å². The van der Waals surface area contributed by atoms with E-state index in [1.165, 1.54) is 34.2 Å². The number of thiophene rings is 1. The molecule has 1 aromatic heterocycles. The summed E-state index contributed by atoms with van der Waals surface area (Å²) in [4.78, 5) is 12.5. The molecule has 1 N–H and O–H groups in total. The van der Waals surface area contributed by atoms with Crippen molar-refractivity contribution in [2.24, 2.45) is 0 Å². The summed E-state index contributed by atoms with van der Waals surface area (Å²) in [6.07, 6.45) is 3.99. The topological polar surface area (TPSA) is 38.3 Å². The third-order valence-electron chi connectivity index (χ3n) is 3.03. The Bertz CT molecular complexity index is 405. The summed E-state index contributed by atoms with van der Waals surface area (Å²) in [7, 11) is 1.43. The van der Waals surface area contributed by atoms with Crippen LogP contribution in [0.2, 0.25) is 0 Å². The number of halogens is 1. The van der Waals surface area contributed by atoms with E-state index in [9.17, 15) is 4.79 Å². The number of nitrogens with one attached hydrogen (secondary N) is 1. The molecule has 0 aromatic carbocycles. The van der Waals surface area contributed by atoms with E-state index in [1.807, 2.05) is 11.3 Å². The quantitative estimate of drug-likeness (QED) is 0.867. The smallest absolute Gasteiger partial charge is 0.306 e. The van der Waals surface area contributed by atoms with E-state index in [-0.39, 0.29) is 5.97 Å². The van der Waals surface area contributed by atoms with Crippen molar-refractivity contribution in [3.05, 3.63) is 20.3 Å². The fraction of sp³-hybridized carbons (Fsp3) is 0.583. The molecule has 1 unspecified atom stereocenters. The van der Waals surface area contributed by atoms with E-state index in [0.717, 1.165) is 6.42 Å². The summed E-state index contributed by atoms with van der Waals surface area (Å²) in [5.74, 6) is -0.153. The molecule has 0 amide bonds. The third-order valence-corrected chi connectivity index (χ3v) is 4.74. The Labute approximate surface area is 114 Å². The lowest BCUT2D eigenvalue weighted by Crippen LogP contribution is -2.26. The Morgan fingerprint density at radius 2 is 2.53 bits per heavy atom. The largest absolute Gasteiger partial charge is 0.469 e. The number of aryl methyl sites for hydroxylation is 1. The number of hydrogen-bond acceptors (Lipinski definition) is 4. The van der Waals surface area contributed by atoms with Gasteiger partial charge in [0, 0.05) is 17.5 Å². The van der Waals surface area contributed by atoms with Gasteiger partial charge in [-0.2, -0.15) is 0 Å². The molecule has 2 rings (SSSR count). The summed E-state index contributed by atoms with van der Waals surface area (Å²) in [5.41, 5.74) is 1.40. The summed E-state index contributed by atoms with van der Waals surface area (Å²) >= 11 is 5.36. The van der Waals surface area contributed by atoms with Crippen molar-refractivity contribution in [3.63, 3.8) is 0 Å². The maximum atomic E-state index is 11.0. The van der Waals surface area contributed by atoms with Crippen LogP contribution in [0.1, 0.15) is 35.7 Å². The molecular formula is C12H16BrNO2S. The first-order valence-electron chi connectivity index (χ1n) is 5.79. The van der Waals surface area contributed by atoms with Crippen molar-refractivity contribution >= 4 is 33.2 Å². The van der Waals surface area contributed by atoms with E-state index in [2.05, 4.69) is 32.0 Å². The summed E-state index contributed by atoms with van der Waals surface area (Å²) in [6, 6.07) is 2.60. The first-order chi connectivity index (χ1) is 8.20. The van der Waals surface area contributed by atoms with Crippen LogP contribution in [0.3, 0.4) is 0 Å². The van der Waals surface area contributed by atoms with Gasteiger partial charge in [0.2, 0.25) is 0 Å². The van der Waals surface area contributed by atoms with Gasteiger partial charge in [-0.1, -0.05) is 0 Å². The number of carbonyl (C=O) groups excluding carboxylic acids is 1. The summed E-state index contributed by atoms with van der Waals surface area (Å²) < 4.78 is 5.83. The second kappa shape index (κ2) is 5.98. The van der Waals surface area contributed by atoms with Crippen molar-refractivity contribution in [2.45, 2.75) is 31.7 Å². The summed E-state index contributed by atoms with van der Waals surface area (Å²) in [5, 5.41) is 3.44. The van der Waals surface area contributed by atoms with Crippen LogP contribution in [-0.2, 0) is 16.0 Å². The Balaban J connectivity index is 1.92. The van der Waals surface area contributed by atoms with Crippen LogP contribution >= 0.6 is 27.3 Å². The molecule has 1 heterocycles. The number of fused-ring (bicyclic) bond motifs is 1. The zero-order valence-corrected chi connectivity index (χ0v) is 12.2. The molecule has 0 spiro atoms. The van der Waals surface area contributed by atoms with Gasteiger partial charge in [0.1, 0.15) is 0 Å². The highest BCUT2D eigenvalue weighted by Gasteiger charge is 2.22. The minimum atomic E-state index is -0.153. The predicted molar refractivity (Wildman–Crippen MR) is 72.3 cm³/mol. The summed E-state index contributed by atoms with van der Waals surface area (Å²) in [6.45, 7) is 0.685. The molecule has 0 radical (unpaired) electrons. The van der Waals surface area contributed by atoms with Gasteiger partial charge < -0.3 is 10.1 Å². The van der Waals surface area contributed by atoms with Gasteiger partial charge in [0.15, 0.2) is 0 Å². The fourth-order valence-electron chi connectivity index (χ4n) is 2.18.